The highest BCUT2D eigenvalue weighted by atomic mass is 32.2. The molecule has 136 valence electrons. The molecule has 2 aliphatic heterocycles. The van der Waals surface area contributed by atoms with Crippen LogP contribution < -0.4 is 4.74 Å². The molecule has 2 bridgehead atoms. The van der Waals surface area contributed by atoms with E-state index in [0.29, 0.717) is 43.6 Å². The maximum Gasteiger partial charge on any atom is 0.167 e. The van der Waals surface area contributed by atoms with Crippen LogP contribution in [0.3, 0.4) is 0 Å². The molecule has 0 aliphatic carbocycles. The van der Waals surface area contributed by atoms with Gasteiger partial charge in [0.1, 0.15) is 12.4 Å². The normalized spacial score (nSPS) is 26.4. The van der Waals surface area contributed by atoms with E-state index in [-0.39, 0.29) is 22.2 Å². The Morgan fingerprint density at radius 2 is 1.77 bits per heavy atom. The van der Waals surface area contributed by atoms with Gasteiger partial charge in [0, 0.05) is 17.7 Å². The van der Waals surface area contributed by atoms with Gasteiger partial charge in [0.15, 0.2) is 15.6 Å². The van der Waals surface area contributed by atoms with Crippen LogP contribution in [0.1, 0.15) is 41.6 Å². The number of carbonyl (C=O) groups excluding carboxylic acids is 1. The summed E-state index contributed by atoms with van der Waals surface area (Å²) in [6, 6.07) is 11.5. The second-order valence-electron chi connectivity index (χ2n) is 7.13. The maximum absolute atomic E-state index is 12.9. The van der Waals surface area contributed by atoms with Crippen molar-refractivity contribution in [2.24, 2.45) is 5.92 Å². The van der Waals surface area contributed by atoms with Crippen LogP contribution in [0.4, 0.5) is 0 Å². The number of ether oxygens (including phenoxy) is 1. The maximum atomic E-state index is 12.9. The molecule has 1 aromatic carbocycles. The molecule has 2 saturated heterocycles. The van der Waals surface area contributed by atoms with E-state index in [0.717, 1.165) is 5.56 Å². The van der Waals surface area contributed by atoms with E-state index in [9.17, 15) is 13.2 Å². The number of fused-ring (bicyclic) bond motifs is 2. The lowest BCUT2D eigenvalue weighted by molar-refractivity contribution is 0.0904. The van der Waals surface area contributed by atoms with Gasteiger partial charge in [0.2, 0.25) is 0 Å². The second-order valence-corrected chi connectivity index (χ2v) is 9.64. The predicted molar refractivity (Wildman–Crippen MR) is 97.8 cm³/mol. The fourth-order valence-corrected chi connectivity index (χ4v) is 6.51. The lowest BCUT2D eigenvalue weighted by atomic mass is 9.91. The van der Waals surface area contributed by atoms with Gasteiger partial charge in [-0.05, 0) is 37.3 Å². The van der Waals surface area contributed by atoms with Crippen molar-refractivity contribution in [1.82, 2.24) is 4.98 Å². The fourth-order valence-electron chi connectivity index (χ4n) is 4.03. The molecular formula is C20H21NO4S. The molecule has 0 N–H and O–H groups in total. The van der Waals surface area contributed by atoms with Crippen LogP contribution >= 0.6 is 0 Å². The van der Waals surface area contributed by atoms with Crippen LogP contribution in [0, 0.1) is 5.92 Å². The molecule has 2 aromatic rings. The number of aromatic nitrogens is 1. The van der Waals surface area contributed by atoms with Crippen LogP contribution in [0.2, 0.25) is 0 Å². The summed E-state index contributed by atoms with van der Waals surface area (Å²) in [7, 11) is -3.02. The number of Topliss-reactive ketones (excluding diaryl/α,β-unsaturated/α-hetero) is 1. The van der Waals surface area contributed by atoms with Crippen LogP contribution in [0.5, 0.6) is 5.75 Å². The Hall–Kier alpha value is -2.21. The van der Waals surface area contributed by atoms with Crippen molar-refractivity contribution in [1.29, 1.82) is 0 Å². The van der Waals surface area contributed by atoms with Gasteiger partial charge in [0.05, 0.1) is 16.7 Å². The summed E-state index contributed by atoms with van der Waals surface area (Å²) < 4.78 is 30.2. The number of rotatable bonds is 5. The number of ketones is 1. The van der Waals surface area contributed by atoms with Crippen LogP contribution in [0.25, 0.3) is 0 Å². The Morgan fingerprint density at radius 3 is 2.46 bits per heavy atom. The molecule has 0 saturated carbocycles. The van der Waals surface area contributed by atoms with Crippen LogP contribution in [-0.4, -0.2) is 29.7 Å². The van der Waals surface area contributed by atoms with Gasteiger partial charge in [-0.2, -0.15) is 0 Å². The molecule has 1 aromatic heterocycles. The quantitative estimate of drug-likeness (QED) is 0.755. The molecule has 2 unspecified atom stereocenters. The van der Waals surface area contributed by atoms with Gasteiger partial charge >= 0.3 is 0 Å². The van der Waals surface area contributed by atoms with Gasteiger partial charge < -0.3 is 4.74 Å². The first-order valence-corrected chi connectivity index (χ1v) is 10.5. The zero-order valence-electron chi connectivity index (χ0n) is 14.4. The highest BCUT2D eigenvalue weighted by molar-refractivity contribution is 7.93. The topological polar surface area (TPSA) is 73.3 Å². The molecule has 0 spiro atoms. The highest BCUT2D eigenvalue weighted by Gasteiger charge is 2.48. The lowest BCUT2D eigenvalue weighted by Gasteiger charge is -2.26. The molecule has 6 heteroatoms. The monoisotopic (exact) mass is 371 g/mol. The molecule has 26 heavy (non-hydrogen) atoms. The number of benzene rings is 1. The smallest absolute Gasteiger partial charge is 0.167 e. The molecule has 2 fully saturated rings. The minimum absolute atomic E-state index is 0.0190. The summed E-state index contributed by atoms with van der Waals surface area (Å²) in [5.74, 6) is 0.294. The Morgan fingerprint density at radius 1 is 1.08 bits per heavy atom. The van der Waals surface area contributed by atoms with Crippen molar-refractivity contribution < 1.29 is 17.9 Å². The van der Waals surface area contributed by atoms with Crippen molar-refractivity contribution in [3.8, 4) is 5.75 Å². The molecule has 0 radical (unpaired) electrons. The molecule has 5 nitrogen and oxygen atoms in total. The SMILES string of the molecule is O=C(c1cncc(OCc2ccccc2)c1)C1CC2CCC(C1)S2(=O)=O. The van der Waals surface area contributed by atoms with Gasteiger partial charge in [-0.1, -0.05) is 30.3 Å². The van der Waals surface area contributed by atoms with Crippen molar-refractivity contribution in [2.45, 2.75) is 42.8 Å². The van der Waals surface area contributed by atoms with E-state index in [4.69, 9.17) is 4.74 Å². The van der Waals surface area contributed by atoms with Gasteiger partial charge in [0.25, 0.3) is 0 Å². The molecule has 2 aliphatic rings. The van der Waals surface area contributed by atoms with E-state index >= 15 is 0 Å². The average Bonchev–Trinajstić information content (AvgIpc) is 2.84. The highest BCUT2D eigenvalue weighted by Crippen LogP contribution is 2.42. The van der Waals surface area contributed by atoms with E-state index in [1.54, 1.807) is 18.5 Å². The Balaban J connectivity index is 1.46. The first-order chi connectivity index (χ1) is 12.5. The van der Waals surface area contributed by atoms with Crippen LogP contribution in [0.15, 0.2) is 48.8 Å². The van der Waals surface area contributed by atoms with Crippen molar-refractivity contribution in [3.05, 3.63) is 59.9 Å². The summed E-state index contributed by atoms with van der Waals surface area (Å²) >= 11 is 0. The minimum atomic E-state index is -3.02. The summed E-state index contributed by atoms with van der Waals surface area (Å²) in [5, 5.41) is -0.693. The molecular weight excluding hydrogens is 350 g/mol. The Labute approximate surface area is 153 Å². The molecule has 2 atom stereocenters. The Bertz CT molecular complexity index is 890. The fraction of sp³-hybridized carbons (Fsp3) is 0.400. The number of sulfone groups is 1. The third-order valence-corrected chi connectivity index (χ3v) is 8.17. The first-order valence-electron chi connectivity index (χ1n) is 8.93. The lowest BCUT2D eigenvalue weighted by Crippen LogP contribution is -2.36. The van der Waals surface area contributed by atoms with Gasteiger partial charge in [-0.3, -0.25) is 9.78 Å². The van der Waals surface area contributed by atoms with Crippen molar-refractivity contribution >= 4 is 15.6 Å². The van der Waals surface area contributed by atoms with Crippen molar-refractivity contribution in [2.75, 3.05) is 0 Å². The third-order valence-electron chi connectivity index (χ3n) is 5.45. The van der Waals surface area contributed by atoms with E-state index in [1.165, 1.54) is 0 Å². The zero-order chi connectivity index (χ0) is 18.1. The number of carbonyl (C=O) groups is 1. The summed E-state index contributed by atoms with van der Waals surface area (Å²) in [5.41, 5.74) is 1.54. The number of hydrogen-bond donors (Lipinski definition) is 0. The minimum Gasteiger partial charge on any atom is -0.487 e. The van der Waals surface area contributed by atoms with Gasteiger partial charge in [-0.15, -0.1) is 0 Å². The zero-order valence-corrected chi connectivity index (χ0v) is 15.2. The Kier molecular flexibility index (Phi) is 4.53. The first kappa shape index (κ1) is 17.2. The summed E-state index contributed by atoms with van der Waals surface area (Å²) in [4.78, 5) is 17.0. The third kappa shape index (κ3) is 3.26. The molecule has 0 amide bonds. The average molecular weight is 371 g/mol. The van der Waals surface area contributed by atoms with E-state index in [2.05, 4.69) is 4.98 Å². The summed E-state index contributed by atoms with van der Waals surface area (Å²) in [6.07, 6.45) is 5.39. The second kappa shape index (κ2) is 6.83. The largest absolute Gasteiger partial charge is 0.487 e. The van der Waals surface area contributed by atoms with E-state index in [1.807, 2.05) is 30.3 Å². The number of pyridine rings is 1. The van der Waals surface area contributed by atoms with Gasteiger partial charge in [-0.25, -0.2) is 8.42 Å². The van der Waals surface area contributed by atoms with Crippen LogP contribution in [-0.2, 0) is 16.4 Å². The summed E-state index contributed by atoms with van der Waals surface area (Å²) in [6.45, 7) is 0.409. The molecule has 3 heterocycles. The number of hydrogen-bond acceptors (Lipinski definition) is 5. The molecule has 4 rings (SSSR count). The van der Waals surface area contributed by atoms with Crippen molar-refractivity contribution in [3.63, 3.8) is 0 Å². The predicted octanol–water partition coefficient (Wildman–Crippen LogP) is 3.20. The van der Waals surface area contributed by atoms with E-state index < -0.39 is 9.84 Å². The number of nitrogens with zero attached hydrogens (tertiary/aromatic N) is 1. The standard InChI is InChI=1S/C20H21NO4S/c22-20(15-9-18-6-7-19(10-15)26(18,23)24)16-8-17(12-21-11-16)25-13-14-4-2-1-3-5-14/h1-5,8,11-12,15,18-19H,6-7,9-10,13H2.